The van der Waals surface area contributed by atoms with Gasteiger partial charge in [0.2, 0.25) is 0 Å². The van der Waals surface area contributed by atoms with Crippen LogP contribution in [0.15, 0.2) is 60.7 Å². The predicted octanol–water partition coefficient (Wildman–Crippen LogP) is 3.41. The van der Waals surface area contributed by atoms with Crippen molar-refractivity contribution in [1.82, 2.24) is 5.32 Å². The Kier molecular flexibility index (Phi) is 3.85. The molecule has 2 aromatic rings. The molecule has 2 aromatic carbocycles. The topological polar surface area (TPSA) is 12.0 Å². The highest BCUT2D eigenvalue weighted by Gasteiger charge is 2.02. The van der Waals surface area contributed by atoms with Crippen molar-refractivity contribution in [2.45, 2.75) is 25.9 Å². The minimum Gasteiger partial charge on any atom is -0.310 e. The maximum absolute atomic E-state index is 8.10. The summed E-state index contributed by atoms with van der Waals surface area (Å²) in [4.78, 5) is 0. The van der Waals surface area contributed by atoms with Crippen molar-refractivity contribution in [3.05, 3.63) is 71.8 Å². The molecule has 0 aliphatic rings. The average molecular weight is 226 g/mol. The van der Waals surface area contributed by atoms with Crippen LogP contribution in [0.2, 0.25) is 0 Å². The summed E-state index contributed by atoms with van der Waals surface area (Å²) in [6, 6.07) is 20.6. The molecule has 0 aliphatic carbocycles. The zero-order valence-electron chi connectivity index (χ0n) is 11.1. The molecule has 1 heteroatoms. The van der Waals surface area contributed by atoms with E-state index < -0.39 is 0 Å². The van der Waals surface area contributed by atoms with E-state index in [1.807, 2.05) is 36.4 Å². The van der Waals surface area contributed by atoms with Gasteiger partial charge in [0.1, 0.15) is 0 Å². The fourth-order valence-corrected chi connectivity index (χ4v) is 1.81. The zero-order valence-corrected chi connectivity index (χ0v) is 10.1. The predicted molar refractivity (Wildman–Crippen MR) is 72.9 cm³/mol. The number of benzene rings is 2. The smallest absolute Gasteiger partial charge is 0.0479 e. The molecule has 2 rings (SSSR count). The summed E-state index contributed by atoms with van der Waals surface area (Å²) >= 11 is 0. The maximum Gasteiger partial charge on any atom is 0.0479 e. The SMILES string of the molecule is [2H]C(NC(C)Cc1ccccc1)c1ccccc1. The van der Waals surface area contributed by atoms with Crippen LogP contribution in [0.4, 0.5) is 0 Å². The van der Waals surface area contributed by atoms with Crippen LogP contribution in [0.1, 0.15) is 19.4 Å². The van der Waals surface area contributed by atoms with E-state index >= 15 is 0 Å². The van der Waals surface area contributed by atoms with Crippen LogP contribution >= 0.6 is 0 Å². The molecule has 0 fully saturated rings. The van der Waals surface area contributed by atoms with Crippen molar-refractivity contribution in [1.29, 1.82) is 0 Å². The third-order valence-electron chi connectivity index (χ3n) is 2.72. The first-order chi connectivity index (χ1) is 8.75. The summed E-state index contributed by atoms with van der Waals surface area (Å²) in [5.74, 6) is 0. The van der Waals surface area contributed by atoms with E-state index in [9.17, 15) is 0 Å². The highest BCUT2D eigenvalue weighted by Crippen LogP contribution is 2.04. The van der Waals surface area contributed by atoms with E-state index in [1.165, 1.54) is 5.56 Å². The van der Waals surface area contributed by atoms with E-state index in [-0.39, 0.29) is 12.6 Å². The van der Waals surface area contributed by atoms with Gasteiger partial charge in [-0.1, -0.05) is 60.7 Å². The van der Waals surface area contributed by atoms with Gasteiger partial charge in [-0.3, -0.25) is 0 Å². The fraction of sp³-hybridized carbons (Fsp3) is 0.250. The van der Waals surface area contributed by atoms with Gasteiger partial charge in [0.15, 0.2) is 0 Å². The van der Waals surface area contributed by atoms with Gasteiger partial charge in [0.25, 0.3) is 0 Å². The Balaban J connectivity index is 1.90. The molecule has 0 radical (unpaired) electrons. The first-order valence-corrected chi connectivity index (χ1v) is 6.03. The second kappa shape index (κ2) is 6.21. The van der Waals surface area contributed by atoms with Gasteiger partial charge in [0, 0.05) is 13.9 Å². The molecule has 0 aliphatic heterocycles. The highest BCUT2D eigenvalue weighted by molar-refractivity contribution is 5.16. The van der Waals surface area contributed by atoms with Gasteiger partial charge in [-0.2, -0.15) is 0 Å². The number of hydrogen-bond acceptors (Lipinski definition) is 1. The van der Waals surface area contributed by atoms with Crippen LogP contribution in [-0.2, 0) is 12.9 Å². The van der Waals surface area contributed by atoms with Crippen LogP contribution < -0.4 is 5.32 Å². The molecule has 17 heavy (non-hydrogen) atoms. The Morgan fingerprint density at radius 3 is 2.06 bits per heavy atom. The number of nitrogens with one attached hydrogen (secondary N) is 1. The standard InChI is InChI=1S/C16H19N/c1-14(12-15-8-4-2-5-9-15)17-13-16-10-6-3-7-11-16/h2-11,14,17H,12-13H2,1H3/i13D. The van der Waals surface area contributed by atoms with Crippen LogP contribution in [0.25, 0.3) is 0 Å². The third kappa shape index (κ3) is 4.04. The third-order valence-corrected chi connectivity index (χ3v) is 2.72. The van der Waals surface area contributed by atoms with E-state index in [0.29, 0.717) is 0 Å². The zero-order chi connectivity index (χ0) is 12.8. The molecule has 0 heterocycles. The summed E-state index contributed by atoms with van der Waals surface area (Å²) in [7, 11) is 0. The molecular weight excluding hydrogens is 206 g/mol. The quantitative estimate of drug-likeness (QED) is 0.824. The van der Waals surface area contributed by atoms with E-state index in [2.05, 4.69) is 36.5 Å². The molecule has 0 saturated heterocycles. The van der Waals surface area contributed by atoms with Crippen molar-refractivity contribution >= 4 is 0 Å². The van der Waals surface area contributed by atoms with Gasteiger partial charge >= 0.3 is 0 Å². The molecule has 1 nitrogen and oxygen atoms in total. The number of rotatable bonds is 5. The Labute approximate surface area is 105 Å². The average Bonchev–Trinajstić information content (AvgIpc) is 2.40. The second-order valence-corrected chi connectivity index (χ2v) is 4.31. The molecule has 0 saturated carbocycles. The van der Waals surface area contributed by atoms with E-state index in [0.717, 1.165) is 12.0 Å². The summed E-state index contributed by atoms with van der Waals surface area (Å²) in [5.41, 5.74) is 2.31. The van der Waals surface area contributed by atoms with Gasteiger partial charge in [-0.25, -0.2) is 0 Å². The molecule has 2 atom stereocenters. The van der Waals surface area contributed by atoms with Crippen LogP contribution in [0, 0.1) is 0 Å². The molecule has 88 valence electrons. The Bertz CT molecular complexity index is 455. The van der Waals surface area contributed by atoms with Crippen molar-refractivity contribution in [3.63, 3.8) is 0 Å². The number of hydrogen-bond donors (Lipinski definition) is 1. The van der Waals surface area contributed by atoms with Crippen LogP contribution in [0.5, 0.6) is 0 Å². The summed E-state index contributed by atoms with van der Waals surface area (Å²) in [5, 5.41) is 3.31. The molecule has 2 unspecified atom stereocenters. The molecular formula is C16H19N. The lowest BCUT2D eigenvalue weighted by molar-refractivity contribution is 0.545. The first kappa shape index (κ1) is 10.5. The monoisotopic (exact) mass is 226 g/mol. The van der Waals surface area contributed by atoms with Crippen molar-refractivity contribution in [2.24, 2.45) is 0 Å². The lowest BCUT2D eigenvalue weighted by atomic mass is 10.1. The lowest BCUT2D eigenvalue weighted by Gasteiger charge is -2.13. The molecule has 0 aromatic heterocycles. The molecule has 0 amide bonds. The summed E-state index contributed by atoms with van der Waals surface area (Å²) in [6.07, 6.45) is 0.947. The minimum absolute atomic E-state index is 0.287. The fourth-order valence-electron chi connectivity index (χ4n) is 1.81. The van der Waals surface area contributed by atoms with E-state index in [1.54, 1.807) is 0 Å². The van der Waals surface area contributed by atoms with Crippen molar-refractivity contribution in [3.8, 4) is 0 Å². The van der Waals surface area contributed by atoms with Gasteiger partial charge in [-0.05, 0) is 24.5 Å². The van der Waals surface area contributed by atoms with E-state index in [4.69, 9.17) is 1.37 Å². The highest BCUT2D eigenvalue weighted by atomic mass is 14.9. The van der Waals surface area contributed by atoms with Crippen molar-refractivity contribution in [2.75, 3.05) is 0 Å². The van der Waals surface area contributed by atoms with Crippen LogP contribution in [0.3, 0.4) is 0 Å². The maximum atomic E-state index is 8.10. The lowest BCUT2D eigenvalue weighted by Crippen LogP contribution is -2.27. The normalized spacial score (nSPS) is 15.0. The molecule has 1 N–H and O–H groups in total. The first-order valence-electron chi connectivity index (χ1n) is 6.60. The Morgan fingerprint density at radius 1 is 0.941 bits per heavy atom. The second-order valence-electron chi connectivity index (χ2n) is 4.31. The molecule has 0 spiro atoms. The van der Waals surface area contributed by atoms with Crippen LogP contribution in [-0.4, -0.2) is 6.04 Å². The summed E-state index contributed by atoms with van der Waals surface area (Å²) < 4.78 is 8.10. The van der Waals surface area contributed by atoms with Crippen molar-refractivity contribution < 1.29 is 1.37 Å². The Morgan fingerprint density at radius 2 is 1.47 bits per heavy atom. The largest absolute Gasteiger partial charge is 0.310 e. The van der Waals surface area contributed by atoms with Gasteiger partial charge in [-0.15, -0.1) is 0 Å². The Hall–Kier alpha value is -1.60. The van der Waals surface area contributed by atoms with Gasteiger partial charge in [0.05, 0.1) is 0 Å². The van der Waals surface area contributed by atoms with Gasteiger partial charge < -0.3 is 5.32 Å². The minimum atomic E-state index is -0.357. The molecule has 0 bridgehead atoms. The summed E-state index contributed by atoms with van der Waals surface area (Å²) in [6.45, 7) is 1.77.